The van der Waals surface area contributed by atoms with Crippen molar-refractivity contribution in [3.8, 4) is 0 Å². The summed E-state index contributed by atoms with van der Waals surface area (Å²) >= 11 is 19.7. The summed E-state index contributed by atoms with van der Waals surface area (Å²) in [5.41, 5.74) is 0.0693. The molecule has 0 nitrogen and oxygen atoms in total. The molecule has 1 aromatic heterocycles. The predicted octanol–water partition coefficient (Wildman–Crippen LogP) is 6.53. The van der Waals surface area contributed by atoms with Gasteiger partial charge in [-0.15, -0.1) is 22.9 Å². The Morgan fingerprint density at radius 1 is 1.11 bits per heavy atom. The molecule has 0 N–H and O–H groups in total. The van der Waals surface area contributed by atoms with Crippen molar-refractivity contribution in [3.63, 3.8) is 0 Å². The summed E-state index contributed by atoms with van der Waals surface area (Å²) in [5, 5.41) is -1.02. The van der Waals surface area contributed by atoms with Crippen LogP contribution in [0.3, 0.4) is 0 Å². The van der Waals surface area contributed by atoms with Gasteiger partial charge in [0.15, 0.2) is 0 Å². The normalized spacial score (nSPS) is 12.8. The first-order valence-corrected chi connectivity index (χ1v) is 7.85. The Morgan fingerprint density at radius 2 is 1.78 bits per heavy atom. The van der Waals surface area contributed by atoms with E-state index in [2.05, 4.69) is 31.9 Å². The summed E-state index contributed by atoms with van der Waals surface area (Å²) < 4.78 is 28.7. The molecule has 0 aliphatic heterocycles. The van der Waals surface area contributed by atoms with Crippen molar-refractivity contribution in [2.45, 2.75) is 5.38 Å². The maximum absolute atomic E-state index is 13.7. The first-order chi connectivity index (χ1) is 8.40. The van der Waals surface area contributed by atoms with E-state index in [1.807, 2.05) is 0 Å². The van der Waals surface area contributed by atoms with E-state index in [1.165, 1.54) is 11.3 Å². The Balaban J connectivity index is 2.45. The molecular weight excluding hydrogens is 433 g/mol. The molecule has 96 valence electrons. The van der Waals surface area contributed by atoms with Crippen LogP contribution in [-0.4, -0.2) is 0 Å². The summed E-state index contributed by atoms with van der Waals surface area (Å²) in [5.74, 6) is -1.31. The Labute approximate surface area is 133 Å². The van der Waals surface area contributed by atoms with Crippen molar-refractivity contribution in [1.82, 2.24) is 0 Å². The second-order valence-corrected chi connectivity index (χ2v) is 7.52. The van der Waals surface area contributed by atoms with Crippen molar-refractivity contribution >= 4 is 66.4 Å². The van der Waals surface area contributed by atoms with Gasteiger partial charge in [0.2, 0.25) is 0 Å². The fourth-order valence-electron chi connectivity index (χ4n) is 1.37. The summed E-state index contributed by atoms with van der Waals surface area (Å²) in [7, 11) is 0. The highest BCUT2D eigenvalue weighted by Gasteiger charge is 2.20. The molecule has 0 amide bonds. The van der Waals surface area contributed by atoms with Gasteiger partial charge in [0.25, 0.3) is 0 Å². The highest BCUT2D eigenvalue weighted by molar-refractivity contribution is 9.13. The number of hydrogen-bond donors (Lipinski definition) is 0. The van der Waals surface area contributed by atoms with E-state index in [9.17, 15) is 8.78 Å². The average molecular weight is 437 g/mol. The lowest BCUT2D eigenvalue weighted by atomic mass is 10.1. The summed E-state index contributed by atoms with van der Waals surface area (Å²) in [6, 6.07) is 3.72. The maximum atomic E-state index is 13.7. The molecular formula is C11H4Br2Cl2F2S. The van der Waals surface area contributed by atoms with Crippen molar-refractivity contribution in [3.05, 3.63) is 53.6 Å². The molecule has 0 fully saturated rings. The minimum Gasteiger partial charge on any atom is -0.207 e. The number of halogens is 6. The van der Waals surface area contributed by atoms with Gasteiger partial charge in [0.05, 0.1) is 14.2 Å². The van der Waals surface area contributed by atoms with Crippen LogP contribution in [0.1, 0.15) is 15.8 Å². The van der Waals surface area contributed by atoms with Crippen LogP contribution in [0.5, 0.6) is 0 Å². The topological polar surface area (TPSA) is 0 Å². The van der Waals surface area contributed by atoms with Gasteiger partial charge in [0, 0.05) is 14.9 Å². The fraction of sp³-hybridized carbons (Fsp3) is 0.0909. The minimum absolute atomic E-state index is 0.0693. The number of benzene rings is 1. The number of thiophene rings is 1. The molecule has 2 aromatic rings. The molecule has 0 aliphatic rings. The Morgan fingerprint density at radius 3 is 2.33 bits per heavy atom. The van der Waals surface area contributed by atoms with E-state index >= 15 is 0 Å². The van der Waals surface area contributed by atoms with Crippen LogP contribution < -0.4 is 0 Å². The van der Waals surface area contributed by atoms with Crippen LogP contribution in [0.15, 0.2) is 26.5 Å². The second kappa shape index (κ2) is 5.75. The Bertz CT molecular complexity index is 581. The third kappa shape index (κ3) is 2.90. The number of alkyl halides is 1. The summed E-state index contributed by atoms with van der Waals surface area (Å²) in [6.45, 7) is 0. The molecule has 0 radical (unpaired) electrons. The molecule has 1 unspecified atom stereocenters. The lowest BCUT2D eigenvalue weighted by Gasteiger charge is -2.09. The van der Waals surface area contributed by atoms with Crippen molar-refractivity contribution in [2.75, 3.05) is 0 Å². The van der Waals surface area contributed by atoms with Gasteiger partial charge < -0.3 is 0 Å². The van der Waals surface area contributed by atoms with E-state index in [0.29, 0.717) is 4.88 Å². The smallest absolute Gasteiger partial charge is 0.142 e. The lowest BCUT2D eigenvalue weighted by molar-refractivity contribution is 0.588. The predicted molar refractivity (Wildman–Crippen MR) is 78.8 cm³/mol. The lowest BCUT2D eigenvalue weighted by Crippen LogP contribution is -1.97. The molecule has 0 saturated heterocycles. The zero-order chi connectivity index (χ0) is 13.4. The highest BCUT2D eigenvalue weighted by atomic mass is 79.9. The molecule has 1 aromatic carbocycles. The van der Waals surface area contributed by atoms with Crippen LogP contribution >= 0.6 is 66.4 Å². The molecule has 1 heterocycles. The van der Waals surface area contributed by atoms with Crippen molar-refractivity contribution in [1.29, 1.82) is 0 Å². The molecule has 1 atom stereocenters. The van der Waals surface area contributed by atoms with Gasteiger partial charge in [0.1, 0.15) is 11.6 Å². The zero-order valence-corrected chi connectivity index (χ0v) is 14.0. The van der Waals surface area contributed by atoms with Gasteiger partial charge in [-0.3, -0.25) is 0 Å². The molecule has 0 saturated carbocycles. The van der Waals surface area contributed by atoms with Crippen molar-refractivity contribution < 1.29 is 8.78 Å². The second-order valence-electron chi connectivity index (χ2n) is 3.42. The monoisotopic (exact) mass is 434 g/mol. The summed E-state index contributed by atoms with van der Waals surface area (Å²) in [4.78, 5) is 0.705. The minimum atomic E-state index is -0.760. The number of hydrogen-bond acceptors (Lipinski definition) is 1. The fourth-order valence-corrected chi connectivity index (χ4v) is 3.97. The standard InChI is InChI=1S/C11H4Br2Cl2F2S/c12-5-2-9(18-11(5)13)10(15)4-1-8(17)6(14)3-7(4)16/h1-3,10H. The third-order valence-corrected chi connectivity index (χ3v) is 6.44. The van der Waals surface area contributed by atoms with Gasteiger partial charge in [-0.1, -0.05) is 11.6 Å². The van der Waals surface area contributed by atoms with Crippen LogP contribution in [-0.2, 0) is 0 Å². The first kappa shape index (κ1) is 14.7. The largest absolute Gasteiger partial charge is 0.207 e. The highest BCUT2D eigenvalue weighted by Crippen LogP contribution is 2.41. The van der Waals surface area contributed by atoms with Gasteiger partial charge >= 0.3 is 0 Å². The third-order valence-electron chi connectivity index (χ3n) is 2.23. The van der Waals surface area contributed by atoms with E-state index < -0.39 is 17.0 Å². The summed E-state index contributed by atoms with van der Waals surface area (Å²) in [6.07, 6.45) is 0. The van der Waals surface area contributed by atoms with E-state index in [1.54, 1.807) is 6.07 Å². The van der Waals surface area contributed by atoms with Gasteiger partial charge in [-0.25, -0.2) is 8.78 Å². The Hall–Kier alpha value is 0.320. The molecule has 0 bridgehead atoms. The van der Waals surface area contributed by atoms with E-state index in [4.69, 9.17) is 23.2 Å². The molecule has 18 heavy (non-hydrogen) atoms. The molecule has 0 spiro atoms. The SMILES string of the molecule is Fc1cc(C(Cl)c2cc(Br)c(Br)s2)c(F)cc1Cl. The molecule has 0 aliphatic carbocycles. The zero-order valence-electron chi connectivity index (χ0n) is 8.49. The van der Waals surface area contributed by atoms with Gasteiger partial charge in [-0.2, -0.15) is 0 Å². The van der Waals surface area contributed by atoms with Crippen molar-refractivity contribution in [2.24, 2.45) is 0 Å². The maximum Gasteiger partial charge on any atom is 0.142 e. The van der Waals surface area contributed by atoms with E-state index in [0.717, 1.165) is 20.4 Å². The Kier molecular flexibility index (Phi) is 4.70. The molecule has 7 heteroatoms. The molecule has 2 rings (SSSR count). The van der Waals surface area contributed by atoms with Crippen LogP contribution in [0, 0.1) is 11.6 Å². The first-order valence-electron chi connectivity index (χ1n) is 4.63. The van der Waals surface area contributed by atoms with Crippen LogP contribution in [0.4, 0.5) is 8.78 Å². The van der Waals surface area contributed by atoms with E-state index in [-0.39, 0.29) is 10.6 Å². The van der Waals surface area contributed by atoms with Gasteiger partial charge in [-0.05, 0) is 50.1 Å². The van der Waals surface area contributed by atoms with Crippen LogP contribution in [0.2, 0.25) is 5.02 Å². The van der Waals surface area contributed by atoms with Crippen LogP contribution in [0.25, 0.3) is 0 Å². The quantitative estimate of drug-likeness (QED) is 0.370. The average Bonchev–Trinajstić information content (AvgIpc) is 2.63. The number of rotatable bonds is 2.